The molecule has 0 spiro atoms. The van der Waals surface area contributed by atoms with Gasteiger partial charge in [0.15, 0.2) is 0 Å². The second kappa shape index (κ2) is 3.94. The van der Waals surface area contributed by atoms with Gasteiger partial charge in [-0.05, 0) is 11.4 Å². The molecular formula is C11H10N4S. The minimum Gasteiger partial charge on any atom is -0.311 e. The van der Waals surface area contributed by atoms with Crippen LogP contribution in [0.2, 0.25) is 0 Å². The molecule has 0 saturated heterocycles. The minimum absolute atomic E-state index is 0.116. The first-order valence-electron chi connectivity index (χ1n) is 4.93. The maximum Gasteiger partial charge on any atom is 0.147 e. The summed E-state index contributed by atoms with van der Waals surface area (Å²) in [6.07, 6.45) is 11.3. The molecule has 3 aromatic rings. The molecule has 0 radical (unpaired) electrons. The van der Waals surface area contributed by atoms with Gasteiger partial charge < -0.3 is 9.13 Å². The average Bonchev–Trinajstić information content (AvgIpc) is 3.02. The van der Waals surface area contributed by atoms with E-state index < -0.39 is 0 Å². The van der Waals surface area contributed by atoms with Gasteiger partial charge in [-0.2, -0.15) is 0 Å². The van der Waals surface area contributed by atoms with Crippen LogP contribution in [0, 0.1) is 0 Å². The molecule has 3 rings (SSSR count). The first-order chi connectivity index (χ1) is 7.95. The van der Waals surface area contributed by atoms with E-state index in [1.807, 2.05) is 25.0 Å². The maximum atomic E-state index is 4.10. The SMILES string of the molecule is c1csc(C(n2ccnc2)n2ccnc2)c1. The normalized spacial score (nSPS) is 11.1. The standard InChI is InChI=1S/C11H10N4S/c1-2-10(16-7-1)11(14-5-3-12-8-14)15-6-4-13-9-15/h1-9,11H. The average molecular weight is 230 g/mol. The highest BCUT2D eigenvalue weighted by Crippen LogP contribution is 2.24. The third-order valence-corrected chi connectivity index (χ3v) is 3.32. The van der Waals surface area contributed by atoms with Crippen molar-refractivity contribution in [3.8, 4) is 0 Å². The Morgan fingerprint density at radius 3 is 2.19 bits per heavy atom. The molecule has 0 aliphatic carbocycles. The number of nitrogens with zero attached hydrogens (tertiary/aromatic N) is 4. The zero-order valence-electron chi connectivity index (χ0n) is 8.47. The fourth-order valence-electron chi connectivity index (χ4n) is 1.71. The Morgan fingerprint density at radius 1 is 1.06 bits per heavy atom. The molecule has 0 atom stereocenters. The van der Waals surface area contributed by atoms with Crippen molar-refractivity contribution < 1.29 is 0 Å². The van der Waals surface area contributed by atoms with Gasteiger partial charge in [0.1, 0.15) is 6.17 Å². The summed E-state index contributed by atoms with van der Waals surface area (Å²) in [4.78, 5) is 9.45. The zero-order chi connectivity index (χ0) is 10.8. The summed E-state index contributed by atoms with van der Waals surface area (Å²) in [5.74, 6) is 0. The molecule has 0 unspecified atom stereocenters. The lowest BCUT2D eigenvalue weighted by Gasteiger charge is -2.18. The fourth-order valence-corrected chi connectivity index (χ4v) is 2.55. The first kappa shape index (κ1) is 9.35. The van der Waals surface area contributed by atoms with Crippen LogP contribution < -0.4 is 0 Å². The van der Waals surface area contributed by atoms with Crippen LogP contribution in [-0.2, 0) is 0 Å². The number of hydrogen-bond acceptors (Lipinski definition) is 3. The molecule has 4 nitrogen and oxygen atoms in total. The van der Waals surface area contributed by atoms with E-state index >= 15 is 0 Å². The molecule has 3 aromatic heterocycles. The smallest absolute Gasteiger partial charge is 0.147 e. The van der Waals surface area contributed by atoms with Crippen LogP contribution in [0.3, 0.4) is 0 Å². The Morgan fingerprint density at radius 2 is 1.75 bits per heavy atom. The third kappa shape index (κ3) is 1.55. The zero-order valence-corrected chi connectivity index (χ0v) is 9.29. The molecule has 0 N–H and O–H groups in total. The predicted octanol–water partition coefficient (Wildman–Crippen LogP) is 2.24. The van der Waals surface area contributed by atoms with E-state index in [0.717, 1.165) is 0 Å². The topological polar surface area (TPSA) is 35.6 Å². The van der Waals surface area contributed by atoms with Crippen molar-refractivity contribution in [2.75, 3.05) is 0 Å². The van der Waals surface area contributed by atoms with Gasteiger partial charge >= 0.3 is 0 Å². The van der Waals surface area contributed by atoms with Crippen molar-refractivity contribution in [3.05, 3.63) is 59.8 Å². The number of rotatable bonds is 3. The van der Waals surface area contributed by atoms with Crippen LogP contribution in [0.4, 0.5) is 0 Å². The van der Waals surface area contributed by atoms with Crippen molar-refractivity contribution in [3.63, 3.8) is 0 Å². The Hall–Kier alpha value is -1.88. The summed E-state index contributed by atoms with van der Waals surface area (Å²) in [6, 6.07) is 4.18. The summed E-state index contributed by atoms with van der Waals surface area (Å²) < 4.78 is 4.13. The largest absolute Gasteiger partial charge is 0.311 e. The van der Waals surface area contributed by atoms with Gasteiger partial charge in [0.25, 0.3) is 0 Å². The van der Waals surface area contributed by atoms with Crippen molar-refractivity contribution in [1.29, 1.82) is 0 Å². The molecule has 3 heterocycles. The van der Waals surface area contributed by atoms with Crippen molar-refractivity contribution >= 4 is 11.3 Å². The van der Waals surface area contributed by atoms with Gasteiger partial charge in [-0.3, -0.25) is 0 Å². The van der Waals surface area contributed by atoms with Crippen LogP contribution in [0.5, 0.6) is 0 Å². The molecule has 80 valence electrons. The molecule has 0 aromatic carbocycles. The minimum atomic E-state index is 0.116. The Labute approximate surface area is 96.8 Å². The van der Waals surface area contributed by atoms with Gasteiger partial charge in [-0.1, -0.05) is 6.07 Å². The van der Waals surface area contributed by atoms with Crippen molar-refractivity contribution in [2.24, 2.45) is 0 Å². The summed E-state index contributed by atoms with van der Waals surface area (Å²) in [5.41, 5.74) is 0. The predicted molar refractivity (Wildman–Crippen MR) is 62.3 cm³/mol. The first-order valence-corrected chi connectivity index (χ1v) is 5.81. The van der Waals surface area contributed by atoms with Gasteiger partial charge in [0.05, 0.1) is 12.7 Å². The molecule has 0 aliphatic heterocycles. The van der Waals surface area contributed by atoms with Gasteiger partial charge in [0, 0.05) is 29.7 Å². The van der Waals surface area contributed by atoms with Crippen LogP contribution in [0.25, 0.3) is 0 Å². The fraction of sp³-hybridized carbons (Fsp3) is 0.0909. The van der Waals surface area contributed by atoms with E-state index in [1.54, 1.807) is 23.7 Å². The van der Waals surface area contributed by atoms with Gasteiger partial charge in [-0.15, -0.1) is 11.3 Å². The number of thiophene rings is 1. The molecule has 0 fully saturated rings. The van der Waals surface area contributed by atoms with Crippen LogP contribution in [0.1, 0.15) is 11.0 Å². The monoisotopic (exact) mass is 230 g/mol. The molecule has 16 heavy (non-hydrogen) atoms. The lowest BCUT2D eigenvalue weighted by molar-refractivity contribution is 0.510. The highest BCUT2D eigenvalue weighted by molar-refractivity contribution is 7.10. The number of imidazole rings is 2. The quantitative estimate of drug-likeness (QED) is 0.691. The van der Waals surface area contributed by atoms with Crippen LogP contribution in [-0.4, -0.2) is 19.1 Å². The second-order valence-electron chi connectivity index (χ2n) is 3.41. The van der Waals surface area contributed by atoms with E-state index in [1.165, 1.54) is 4.88 Å². The van der Waals surface area contributed by atoms with Crippen LogP contribution >= 0.6 is 11.3 Å². The molecule has 0 saturated carbocycles. The maximum absolute atomic E-state index is 4.10. The summed E-state index contributed by atoms with van der Waals surface area (Å²) in [6.45, 7) is 0. The molecule has 0 aliphatic rings. The molecule has 5 heteroatoms. The van der Waals surface area contributed by atoms with Crippen LogP contribution in [0.15, 0.2) is 55.0 Å². The van der Waals surface area contributed by atoms with E-state index in [-0.39, 0.29) is 6.17 Å². The Balaban J connectivity index is 2.09. The van der Waals surface area contributed by atoms with Crippen molar-refractivity contribution in [2.45, 2.75) is 6.17 Å². The van der Waals surface area contributed by atoms with E-state index in [2.05, 4.69) is 36.6 Å². The van der Waals surface area contributed by atoms with E-state index in [9.17, 15) is 0 Å². The summed E-state index contributed by atoms with van der Waals surface area (Å²) >= 11 is 1.73. The highest BCUT2D eigenvalue weighted by Gasteiger charge is 2.15. The number of aromatic nitrogens is 4. The molecular weight excluding hydrogens is 220 g/mol. The lowest BCUT2D eigenvalue weighted by atomic mass is 10.3. The van der Waals surface area contributed by atoms with Gasteiger partial charge in [0.2, 0.25) is 0 Å². The van der Waals surface area contributed by atoms with Gasteiger partial charge in [-0.25, -0.2) is 9.97 Å². The Bertz CT molecular complexity index is 443. The van der Waals surface area contributed by atoms with E-state index in [4.69, 9.17) is 0 Å². The lowest BCUT2D eigenvalue weighted by Crippen LogP contribution is -2.15. The second-order valence-corrected chi connectivity index (χ2v) is 4.39. The summed E-state index contributed by atoms with van der Waals surface area (Å²) in [7, 11) is 0. The van der Waals surface area contributed by atoms with E-state index in [0.29, 0.717) is 0 Å². The third-order valence-electron chi connectivity index (χ3n) is 2.41. The molecule has 0 amide bonds. The van der Waals surface area contributed by atoms with Crippen molar-refractivity contribution in [1.82, 2.24) is 19.1 Å². The summed E-state index contributed by atoms with van der Waals surface area (Å²) in [5, 5.41) is 2.08. The Kier molecular flexibility index (Phi) is 2.30. The molecule has 0 bridgehead atoms. The highest BCUT2D eigenvalue weighted by atomic mass is 32.1. The number of hydrogen-bond donors (Lipinski definition) is 0.